The molecular formula is C27H32F2N4O6. The zero-order chi connectivity index (χ0) is 27.9. The summed E-state index contributed by atoms with van der Waals surface area (Å²) in [6.07, 6.45) is 3.10. The van der Waals surface area contributed by atoms with Crippen molar-refractivity contribution in [2.45, 2.75) is 65.0 Å². The summed E-state index contributed by atoms with van der Waals surface area (Å²) in [5.41, 5.74) is 0.122. The van der Waals surface area contributed by atoms with Gasteiger partial charge in [-0.1, -0.05) is 0 Å². The second-order valence-electron chi connectivity index (χ2n) is 11.1. The number of alkyl halides is 2. The number of rotatable bonds is 9. The fourth-order valence-electron chi connectivity index (χ4n) is 5.26. The van der Waals surface area contributed by atoms with E-state index in [9.17, 15) is 28.0 Å². The van der Waals surface area contributed by atoms with Crippen LogP contribution >= 0.6 is 0 Å². The zero-order valence-corrected chi connectivity index (χ0v) is 22.0. The van der Waals surface area contributed by atoms with Crippen molar-refractivity contribution in [1.82, 2.24) is 15.2 Å². The van der Waals surface area contributed by atoms with Crippen LogP contribution in [0.1, 0.15) is 57.9 Å². The largest absolute Gasteiger partial charge is 0.489 e. The average molecular weight is 547 g/mol. The molecule has 4 aliphatic rings. The van der Waals surface area contributed by atoms with Crippen LogP contribution in [0.5, 0.6) is 11.5 Å². The third-order valence-corrected chi connectivity index (χ3v) is 7.80. The summed E-state index contributed by atoms with van der Waals surface area (Å²) in [6.45, 7) is 1.76. The monoisotopic (exact) mass is 546 g/mol. The molecular weight excluding hydrogens is 514 g/mol. The molecule has 1 aromatic carbocycles. The number of benzene rings is 1. The van der Waals surface area contributed by atoms with Gasteiger partial charge in [0.25, 0.3) is 5.91 Å². The van der Waals surface area contributed by atoms with E-state index in [0.29, 0.717) is 49.7 Å². The quantitative estimate of drug-likeness (QED) is 0.476. The number of hydrogen-bond acceptors (Lipinski definition) is 7. The second kappa shape index (κ2) is 10.5. The molecule has 1 saturated carbocycles. The maximum Gasteiger partial charge on any atom is 0.387 e. The molecule has 3 heterocycles. The first kappa shape index (κ1) is 27.0. The van der Waals surface area contributed by atoms with Crippen LogP contribution in [0, 0.1) is 17.3 Å². The molecule has 10 nitrogen and oxygen atoms in total. The number of nitrogens with one attached hydrogen (secondary N) is 1. The van der Waals surface area contributed by atoms with Crippen molar-refractivity contribution in [3.63, 3.8) is 0 Å². The van der Waals surface area contributed by atoms with E-state index >= 15 is 0 Å². The maximum absolute atomic E-state index is 13.4. The average Bonchev–Trinajstić information content (AvgIpc) is 3.62. The van der Waals surface area contributed by atoms with Crippen molar-refractivity contribution in [3.05, 3.63) is 23.8 Å². The first-order valence-electron chi connectivity index (χ1n) is 13.3. The van der Waals surface area contributed by atoms with E-state index < -0.39 is 23.9 Å². The molecule has 5 rings (SSSR count). The number of carbonyl (C=O) groups is 4. The SMILES string of the molecule is CC1(C)C(=O)N(C2CCN(C(=O)CC3CC(=O)NC3=O)CC2)N=C1c1ccc(OC(F)F)c(OCC2CC2)c1. The lowest BCUT2D eigenvalue weighted by atomic mass is 9.83. The summed E-state index contributed by atoms with van der Waals surface area (Å²) < 4.78 is 36.3. The van der Waals surface area contributed by atoms with E-state index in [4.69, 9.17) is 4.74 Å². The van der Waals surface area contributed by atoms with Crippen LogP contribution in [0.15, 0.2) is 23.3 Å². The number of ether oxygens (including phenoxy) is 2. The molecule has 3 fully saturated rings. The van der Waals surface area contributed by atoms with Gasteiger partial charge in [-0.2, -0.15) is 13.9 Å². The fraction of sp³-hybridized carbons (Fsp3) is 0.593. The Morgan fingerprint density at radius 1 is 1.13 bits per heavy atom. The lowest BCUT2D eigenvalue weighted by Gasteiger charge is -2.35. The van der Waals surface area contributed by atoms with E-state index in [1.807, 2.05) is 0 Å². The highest BCUT2D eigenvalue weighted by molar-refractivity contribution is 6.19. The predicted octanol–water partition coefficient (Wildman–Crippen LogP) is 2.69. The molecule has 4 amide bonds. The number of likely N-dealkylation sites (tertiary alicyclic amines) is 1. The van der Waals surface area contributed by atoms with Gasteiger partial charge in [0.05, 0.1) is 29.7 Å². The fourth-order valence-corrected chi connectivity index (χ4v) is 5.26. The van der Waals surface area contributed by atoms with Crippen molar-refractivity contribution in [3.8, 4) is 11.5 Å². The zero-order valence-electron chi connectivity index (χ0n) is 22.0. The van der Waals surface area contributed by atoms with Crippen molar-refractivity contribution >= 4 is 29.3 Å². The number of hydrazone groups is 1. The van der Waals surface area contributed by atoms with Gasteiger partial charge in [-0.05, 0) is 63.6 Å². The number of amides is 4. The van der Waals surface area contributed by atoms with Crippen LogP contribution in [0.25, 0.3) is 0 Å². The molecule has 1 aliphatic carbocycles. The van der Waals surface area contributed by atoms with E-state index in [0.717, 1.165) is 12.8 Å². The van der Waals surface area contributed by atoms with Crippen LogP contribution in [0.4, 0.5) is 8.78 Å². The van der Waals surface area contributed by atoms with Gasteiger partial charge in [-0.3, -0.25) is 24.5 Å². The number of piperidine rings is 1. The van der Waals surface area contributed by atoms with Crippen molar-refractivity contribution in [2.24, 2.45) is 22.4 Å². The summed E-state index contributed by atoms with van der Waals surface area (Å²) in [5.74, 6) is -1.25. The molecule has 3 aliphatic heterocycles. The third kappa shape index (κ3) is 5.74. The molecule has 12 heteroatoms. The summed E-state index contributed by atoms with van der Waals surface area (Å²) in [7, 11) is 0. The molecule has 1 aromatic rings. The van der Waals surface area contributed by atoms with Crippen molar-refractivity contribution in [2.75, 3.05) is 19.7 Å². The van der Waals surface area contributed by atoms with Gasteiger partial charge in [0, 0.05) is 31.5 Å². The topological polar surface area (TPSA) is 118 Å². The minimum atomic E-state index is -2.99. The molecule has 0 spiro atoms. The molecule has 1 unspecified atom stereocenters. The summed E-state index contributed by atoms with van der Waals surface area (Å²) in [6, 6.07) is 4.40. The van der Waals surface area contributed by atoms with Crippen molar-refractivity contribution < 1.29 is 37.4 Å². The van der Waals surface area contributed by atoms with E-state index in [2.05, 4.69) is 15.2 Å². The Morgan fingerprint density at radius 2 is 1.85 bits per heavy atom. The highest BCUT2D eigenvalue weighted by atomic mass is 19.3. The van der Waals surface area contributed by atoms with Gasteiger partial charge in [0.2, 0.25) is 17.7 Å². The molecule has 2 saturated heterocycles. The van der Waals surface area contributed by atoms with Gasteiger partial charge >= 0.3 is 6.61 Å². The highest BCUT2D eigenvalue weighted by Gasteiger charge is 2.47. The van der Waals surface area contributed by atoms with Gasteiger partial charge in [-0.15, -0.1) is 0 Å². The number of carbonyl (C=O) groups excluding carboxylic acids is 4. The summed E-state index contributed by atoms with van der Waals surface area (Å²) >= 11 is 0. The van der Waals surface area contributed by atoms with E-state index in [1.165, 1.54) is 11.1 Å². The Balaban J connectivity index is 1.28. The van der Waals surface area contributed by atoms with Crippen LogP contribution in [-0.2, 0) is 19.2 Å². The van der Waals surface area contributed by atoms with E-state index in [-0.39, 0.29) is 48.1 Å². The smallest absolute Gasteiger partial charge is 0.387 e. The minimum Gasteiger partial charge on any atom is -0.489 e. The third-order valence-electron chi connectivity index (χ3n) is 7.80. The molecule has 1 N–H and O–H groups in total. The number of hydrogen-bond donors (Lipinski definition) is 1. The normalized spacial score (nSPS) is 23.4. The van der Waals surface area contributed by atoms with E-state index in [1.54, 1.807) is 30.9 Å². The van der Waals surface area contributed by atoms with Gasteiger partial charge in [0.1, 0.15) is 0 Å². The van der Waals surface area contributed by atoms with Gasteiger partial charge < -0.3 is 14.4 Å². The highest BCUT2D eigenvalue weighted by Crippen LogP contribution is 2.39. The number of nitrogens with zero attached hydrogens (tertiary/aromatic N) is 3. The Kier molecular flexibility index (Phi) is 7.30. The number of imide groups is 1. The maximum atomic E-state index is 13.4. The van der Waals surface area contributed by atoms with Gasteiger partial charge in [-0.25, -0.2) is 5.01 Å². The minimum absolute atomic E-state index is 0.0172. The molecule has 210 valence electrons. The van der Waals surface area contributed by atoms with Crippen molar-refractivity contribution in [1.29, 1.82) is 0 Å². The first-order chi connectivity index (χ1) is 18.5. The Labute approximate surface area is 224 Å². The van der Waals surface area contributed by atoms with Crippen LogP contribution in [0.2, 0.25) is 0 Å². The molecule has 0 bridgehead atoms. The number of halogens is 2. The molecule has 1 atom stereocenters. The molecule has 0 radical (unpaired) electrons. The summed E-state index contributed by atoms with van der Waals surface area (Å²) in [5, 5.41) is 8.39. The first-order valence-corrected chi connectivity index (χ1v) is 13.3. The standard InChI is InChI=1S/C27H32F2N4O6/c1-27(2)23(16-5-6-19(39-26(28)29)20(11-16)38-14-15-3-4-15)31-33(25(27)37)18-7-9-32(10-8-18)22(35)13-17-12-21(34)30-24(17)36/h5-6,11,15,17-18,26H,3-4,7-10,12-14H2,1-2H3,(H,30,34,36). The van der Waals surface area contributed by atoms with Crippen LogP contribution < -0.4 is 14.8 Å². The Hall–Kier alpha value is -3.57. The Morgan fingerprint density at radius 3 is 2.46 bits per heavy atom. The Bertz CT molecular complexity index is 1210. The van der Waals surface area contributed by atoms with Gasteiger partial charge in [0.15, 0.2) is 11.5 Å². The van der Waals surface area contributed by atoms with Crippen LogP contribution in [0.3, 0.4) is 0 Å². The summed E-state index contributed by atoms with van der Waals surface area (Å²) in [4.78, 5) is 51.1. The lowest BCUT2D eigenvalue weighted by Crippen LogP contribution is -2.48. The predicted molar refractivity (Wildman–Crippen MR) is 134 cm³/mol. The van der Waals surface area contributed by atoms with Crippen LogP contribution in [-0.4, -0.2) is 71.6 Å². The molecule has 0 aromatic heterocycles. The lowest BCUT2D eigenvalue weighted by molar-refractivity contribution is -0.140. The second-order valence-corrected chi connectivity index (χ2v) is 11.1. The molecule has 39 heavy (non-hydrogen) atoms.